The zero-order valence-corrected chi connectivity index (χ0v) is 14.5. The zero-order valence-electron chi connectivity index (χ0n) is 14.5. The number of rotatable bonds is 9. The Hall–Kier alpha value is -1.32. The lowest BCUT2D eigenvalue weighted by Gasteiger charge is -2.22. The van der Waals surface area contributed by atoms with Crippen molar-refractivity contribution in [1.29, 1.82) is 0 Å². The third-order valence-electron chi connectivity index (χ3n) is 3.83. The molecule has 1 aliphatic rings. The molecule has 1 atom stereocenters. The van der Waals surface area contributed by atoms with E-state index >= 15 is 0 Å². The van der Waals surface area contributed by atoms with Crippen LogP contribution in [0.5, 0.6) is 0 Å². The van der Waals surface area contributed by atoms with Gasteiger partial charge in [0.1, 0.15) is 0 Å². The van der Waals surface area contributed by atoms with Gasteiger partial charge >= 0.3 is 0 Å². The molecule has 0 aliphatic carbocycles. The summed E-state index contributed by atoms with van der Waals surface area (Å²) >= 11 is 0. The molecule has 0 spiro atoms. The van der Waals surface area contributed by atoms with E-state index in [2.05, 4.69) is 12.2 Å². The summed E-state index contributed by atoms with van der Waals surface area (Å²) in [6.45, 7) is 8.04. The number of ketones is 1. The lowest BCUT2D eigenvalue weighted by molar-refractivity contribution is -0.127. The van der Waals surface area contributed by atoms with Crippen molar-refractivity contribution in [2.45, 2.75) is 85.2 Å². The van der Waals surface area contributed by atoms with Crippen LogP contribution < -0.4 is 5.32 Å². The average molecular weight is 309 g/mol. The van der Waals surface area contributed by atoms with E-state index < -0.39 is 6.10 Å². The van der Waals surface area contributed by atoms with Crippen LogP contribution in [0.2, 0.25) is 0 Å². The molecule has 1 saturated heterocycles. The van der Waals surface area contributed by atoms with Crippen molar-refractivity contribution in [2.24, 2.45) is 5.41 Å². The topological polar surface area (TPSA) is 55.4 Å². The summed E-state index contributed by atoms with van der Waals surface area (Å²) in [4.78, 5) is 23.7. The third kappa shape index (κ3) is 6.63. The number of unbranched alkanes of at least 4 members (excludes halogenated alkanes) is 6. The fourth-order valence-corrected chi connectivity index (χ4v) is 2.51. The van der Waals surface area contributed by atoms with Crippen molar-refractivity contribution in [3.8, 4) is 0 Å². The van der Waals surface area contributed by atoms with Crippen LogP contribution in [0.3, 0.4) is 0 Å². The number of ether oxygens (including phenoxy) is 1. The van der Waals surface area contributed by atoms with Crippen LogP contribution in [-0.4, -0.2) is 17.8 Å². The average Bonchev–Trinajstić information content (AvgIpc) is 2.78. The quantitative estimate of drug-likeness (QED) is 0.515. The normalized spacial score (nSPS) is 20.1. The molecule has 0 aromatic carbocycles. The van der Waals surface area contributed by atoms with Gasteiger partial charge in [0.15, 0.2) is 17.8 Å². The van der Waals surface area contributed by atoms with Crippen LogP contribution >= 0.6 is 0 Å². The van der Waals surface area contributed by atoms with Gasteiger partial charge in [-0.15, -0.1) is 0 Å². The Bertz CT molecular complexity index is 407. The van der Waals surface area contributed by atoms with Gasteiger partial charge < -0.3 is 4.74 Å². The summed E-state index contributed by atoms with van der Waals surface area (Å²) in [7, 11) is 0. The molecule has 1 rings (SSSR count). The summed E-state index contributed by atoms with van der Waals surface area (Å²) in [6.07, 6.45) is 9.75. The molecular weight excluding hydrogens is 278 g/mol. The molecule has 0 bridgehead atoms. The van der Waals surface area contributed by atoms with Gasteiger partial charge in [0.25, 0.3) is 5.91 Å². The van der Waals surface area contributed by atoms with Gasteiger partial charge in [0, 0.05) is 17.9 Å². The highest BCUT2D eigenvalue weighted by molar-refractivity contribution is 5.92. The van der Waals surface area contributed by atoms with Crippen LogP contribution in [0.25, 0.3) is 0 Å². The Morgan fingerprint density at radius 3 is 2.27 bits per heavy atom. The van der Waals surface area contributed by atoms with Crippen LogP contribution in [0.4, 0.5) is 0 Å². The number of carbonyl (C=O) groups is 2. The Balaban J connectivity index is 2.26. The standard InChI is InChI=1S/C18H31NO3/c1-5-6-7-8-9-10-11-12-14(20)13-15-19-17(21)16(22-15)18(2,3)4/h13,16H,5-12H2,1-4H3,(H,19,21)/b15-13+. The molecule has 4 nitrogen and oxygen atoms in total. The Morgan fingerprint density at radius 2 is 1.73 bits per heavy atom. The molecule has 1 amide bonds. The van der Waals surface area contributed by atoms with Gasteiger partial charge in [-0.05, 0) is 6.42 Å². The molecule has 4 heteroatoms. The first-order valence-electron chi connectivity index (χ1n) is 8.56. The highest BCUT2D eigenvalue weighted by Crippen LogP contribution is 2.27. The summed E-state index contributed by atoms with van der Waals surface area (Å²) < 4.78 is 5.56. The zero-order chi connectivity index (χ0) is 16.6. The predicted molar refractivity (Wildman–Crippen MR) is 88.2 cm³/mol. The van der Waals surface area contributed by atoms with E-state index in [1.54, 1.807) is 0 Å². The minimum Gasteiger partial charge on any atom is -0.465 e. The van der Waals surface area contributed by atoms with Crippen LogP contribution in [0, 0.1) is 5.41 Å². The van der Waals surface area contributed by atoms with E-state index in [-0.39, 0.29) is 17.1 Å². The van der Waals surface area contributed by atoms with Crippen molar-refractivity contribution < 1.29 is 14.3 Å². The van der Waals surface area contributed by atoms with Crippen LogP contribution in [-0.2, 0) is 14.3 Å². The predicted octanol–water partition coefficient (Wildman–Crippen LogP) is 4.10. The van der Waals surface area contributed by atoms with E-state index in [1.807, 2.05) is 20.8 Å². The van der Waals surface area contributed by atoms with Gasteiger partial charge in [-0.2, -0.15) is 0 Å². The number of nitrogens with one attached hydrogen (secondary N) is 1. The molecule has 1 fully saturated rings. The smallest absolute Gasteiger partial charge is 0.268 e. The molecule has 0 aromatic heterocycles. The summed E-state index contributed by atoms with van der Waals surface area (Å²) in [6, 6.07) is 0. The van der Waals surface area contributed by atoms with Gasteiger partial charge in [0.05, 0.1) is 0 Å². The molecule has 1 unspecified atom stereocenters. The number of amides is 1. The van der Waals surface area contributed by atoms with Crippen molar-refractivity contribution in [2.75, 3.05) is 0 Å². The molecule has 0 saturated carbocycles. The maximum atomic E-state index is 11.9. The Labute approximate surface area is 134 Å². The largest absolute Gasteiger partial charge is 0.465 e. The van der Waals surface area contributed by atoms with Crippen molar-refractivity contribution in [3.05, 3.63) is 12.0 Å². The molecule has 0 radical (unpaired) electrons. The maximum absolute atomic E-state index is 11.9. The molecule has 1 N–H and O–H groups in total. The van der Waals surface area contributed by atoms with Gasteiger partial charge in [-0.25, -0.2) is 0 Å². The second-order valence-electron chi connectivity index (χ2n) is 7.20. The number of allylic oxidation sites excluding steroid dienone is 1. The fourth-order valence-electron chi connectivity index (χ4n) is 2.51. The molecule has 1 heterocycles. The monoisotopic (exact) mass is 309 g/mol. The lowest BCUT2D eigenvalue weighted by Crippen LogP contribution is -2.34. The van der Waals surface area contributed by atoms with Crippen molar-refractivity contribution >= 4 is 11.7 Å². The molecule has 126 valence electrons. The first-order valence-corrected chi connectivity index (χ1v) is 8.56. The fraction of sp³-hybridized carbons (Fsp3) is 0.778. The van der Waals surface area contributed by atoms with Gasteiger partial charge in [-0.3, -0.25) is 14.9 Å². The molecule has 0 aromatic rings. The van der Waals surface area contributed by atoms with E-state index in [0.717, 1.165) is 12.8 Å². The highest BCUT2D eigenvalue weighted by atomic mass is 16.5. The lowest BCUT2D eigenvalue weighted by atomic mass is 9.89. The SMILES string of the molecule is CCCCCCCCCC(=O)/C=C1\NC(=O)C(C(C)(C)C)O1. The molecular formula is C18H31NO3. The first-order chi connectivity index (χ1) is 10.3. The van der Waals surface area contributed by atoms with Gasteiger partial charge in [-0.1, -0.05) is 66.2 Å². The number of hydrogen-bond acceptors (Lipinski definition) is 3. The van der Waals surface area contributed by atoms with Crippen molar-refractivity contribution in [1.82, 2.24) is 5.32 Å². The van der Waals surface area contributed by atoms with Gasteiger partial charge in [0.2, 0.25) is 0 Å². The van der Waals surface area contributed by atoms with E-state index in [1.165, 1.54) is 38.2 Å². The minimum atomic E-state index is -0.523. The minimum absolute atomic E-state index is 0.0263. The van der Waals surface area contributed by atoms with Crippen LogP contribution in [0.15, 0.2) is 12.0 Å². The van der Waals surface area contributed by atoms with Crippen molar-refractivity contribution in [3.63, 3.8) is 0 Å². The number of hydrogen-bond donors (Lipinski definition) is 1. The summed E-state index contributed by atoms with van der Waals surface area (Å²) in [5.74, 6) is 0.166. The Morgan fingerprint density at radius 1 is 1.14 bits per heavy atom. The second kappa shape index (κ2) is 8.96. The summed E-state index contributed by atoms with van der Waals surface area (Å²) in [5.41, 5.74) is -0.277. The maximum Gasteiger partial charge on any atom is 0.268 e. The molecule has 22 heavy (non-hydrogen) atoms. The number of carbonyl (C=O) groups excluding carboxylic acids is 2. The van der Waals surface area contributed by atoms with E-state index in [9.17, 15) is 9.59 Å². The highest BCUT2D eigenvalue weighted by Gasteiger charge is 2.39. The molecule has 1 aliphatic heterocycles. The first kappa shape index (κ1) is 18.7. The summed E-state index contributed by atoms with van der Waals surface area (Å²) in [5, 5.41) is 2.65. The van der Waals surface area contributed by atoms with Crippen LogP contribution in [0.1, 0.15) is 79.1 Å². The Kier molecular flexibility index (Phi) is 7.63. The van der Waals surface area contributed by atoms with E-state index in [0.29, 0.717) is 12.3 Å². The third-order valence-corrected chi connectivity index (χ3v) is 3.83. The van der Waals surface area contributed by atoms with E-state index in [4.69, 9.17) is 4.74 Å². The second-order valence-corrected chi connectivity index (χ2v) is 7.20.